The molecule has 0 saturated heterocycles. The highest BCUT2D eigenvalue weighted by molar-refractivity contribution is 5.55. The maximum Gasteiger partial charge on any atom is 0.296 e. The van der Waals surface area contributed by atoms with Crippen LogP contribution in [0.4, 0.5) is 10.1 Å². The van der Waals surface area contributed by atoms with Crippen molar-refractivity contribution in [2.75, 3.05) is 0 Å². The monoisotopic (exact) mass is 246 g/mol. The Kier molecular flexibility index (Phi) is 2.77. The third kappa shape index (κ3) is 1.80. The summed E-state index contributed by atoms with van der Waals surface area (Å²) in [5, 5.41) is 19.7. The van der Waals surface area contributed by atoms with E-state index >= 15 is 0 Å². The second-order valence-corrected chi connectivity index (χ2v) is 3.58. The molecule has 0 unspecified atom stereocenters. The minimum absolute atomic E-state index is 0.00380. The molecular formula is C11H7FN4O2. The van der Waals surface area contributed by atoms with Crippen LogP contribution in [0.25, 0.3) is 5.69 Å². The number of aryl methyl sites for hydroxylation is 1. The fraction of sp³-hybridized carbons (Fsp3) is 0.0909. The molecule has 1 heterocycles. The molecule has 0 N–H and O–H groups in total. The minimum atomic E-state index is -0.695. The Morgan fingerprint density at radius 3 is 2.89 bits per heavy atom. The van der Waals surface area contributed by atoms with E-state index in [1.54, 1.807) is 0 Å². The van der Waals surface area contributed by atoms with Crippen LogP contribution in [0.5, 0.6) is 0 Å². The van der Waals surface area contributed by atoms with Gasteiger partial charge in [0, 0.05) is 12.4 Å². The number of imidazole rings is 1. The van der Waals surface area contributed by atoms with Crippen molar-refractivity contribution in [2.24, 2.45) is 0 Å². The van der Waals surface area contributed by atoms with Gasteiger partial charge in [0.2, 0.25) is 5.82 Å². The summed E-state index contributed by atoms with van der Waals surface area (Å²) in [7, 11) is 0. The lowest BCUT2D eigenvalue weighted by Crippen LogP contribution is -2.03. The van der Waals surface area contributed by atoms with Gasteiger partial charge in [0.1, 0.15) is 17.6 Å². The molecule has 2 aromatic rings. The molecular weight excluding hydrogens is 239 g/mol. The predicted octanol–water partition coefficient (Wildman–Crippen LogP) is 2.10. The highest BCUT2D eigenvalue weighted by Crippen LogP contribution is 2.26. The molecule has 7 heteroatoms. The van der Waals surface area contributed by atoms with Gasteiger partial charge in [-0.05, 0) is 18.6 Å². The third-order valence-corrected chi connectivity index (χ3v) is 2.45. The number of nitro groups is 1. The van der Waals surface area contributed by atoms with E-state index in [4.69, 9.17) is 5.26 Å². The topological polar surface area (TPSA) is 84.8 Å². The quantitative estimate of drug-likeness (QED) is 0.599. The van der Waals surface area contributed by atoms with Crippen LogP contribution in [0.15, 0.2) is 24.5 Å². The number of nitro benzene ring substituents is 1. The Morgan fingerprint density at radius 1 is 1.56 bits per heavy atom. The minimum Gasteiger partial charge on any atom is -0.285 e. The van der Waals surface area contributed by atoms with Gasteiger partial charge in [-0.25, -0.2) is 9.37 Å². The van der Waals surface area contributed by atoms with E-state index in [9.17, 15) is 14.5 Å². The van der Waals surface area contributed by atoms with Gasteiger partial charge in [-0.3, -0.25) is 14.7 Å². The van der Waals surface area contributed by atoms with Gasteiger partial charge in [0.05, 0.1) is 11.0 Å². The van der Waals surface area contributed by atoms with Crippen molar-refractivity contribution in [3.05, 3.63) is 51.8 Å². The highest BCUT2D eigenvalue weighted by Gasteiger charge is 2.20. The Hall–Kier alpha value is -2.75. The van der Waals surface area contributed by atoms with Crippen LogP contribution in [0.1, 0.15) is 11.4 Å². The van der Waals surface area contributed by atoms with Gasteiger partial charge in [0.25, 0.3) is 5.69 Å². The summed E-state index contributed by atoms with van der Waals surface area (Å²) in [6, 6.07) is 3.96. The summed E-state index contributed by atoms with van der Waals surface area (Å²) in [4.78, 5) is 14.0. The maximum atomic E-state index is 13.3. The molecule has 1 aromatic heterocycles. The SMILES string of the molecule is Cc1cc(-n2ccnc2C#N)c([N+](=O)[O-])cc1F. The average Bonchev–Trinajstić information content (AvgIpc) is 2.79. The first-order chi connectivity index (χ1) is 8.54. The largest absolute Gasteiger partial charge is 0.296 e. The zero-order valence-electron chi connectivity index (χ0n) is 9.29. The molecule has 90 valence electrons. The summed E-state index contributed by atoms with van der Waals surface area (Å²) in [6.45, 7) is 1.49. The van der Waals surface area contributed by atoms with Gasteiger partial charge >= 0.3 is 0 Å². The molecule has 0 bridgehead atoms. The molecule has 0 atom stereocenters. The number of halogens is 1. The van der Waals surface area contributed by atoms with Crippen molar-refractivity contribution in [3.63, 3.8) is 0 Å². The lowest BCUT2D eigenvalue weighted by molar-refractivity contribution is -0.384. The molecule has 0 aliphatic rings. The molecule has 0 fully saturated rings. The summed E-state index contributed by atoms with van der Waals surface area (Å²) in [5.74, 6) is -0.659. The van der Waals surface area contributed by atoms with E-state index in [1.807, 2.05) is 6.07 Å². The van der Waals surface area contributed by atoms with Gasteiger partial charge in [-0.1, -0.05) is 0 Å². The first kappa shape index (κ1) is 11.7. The molecule has 0 amide bonds. The van der Waals surface area contributed by atoms with Crippen LogP contribution in [0.2, 0.25) is 0 Å². The maximum absolute atomic E-state index is 13.3. The Labute approximate surface area is 101 Å². The Morgan fingerprint density at radius 2 is 2.28 bits per heavy atom. The second-order valence-electron chi connectivity index (χ2n) is 3.58. The molecule has 1 aromatic carbocycles. The van der Waals surface area contributed by atoms with E-state index in [1.165, 1.54) is 30.0 Å². The van der Waals surface area contributed by atoms with Gasteiger partial charge in [-0.15, -0.1) is 0 Å². The fourth-order valence-electron chi connectivity index (χ4n) is 1.58. The van der Waals surface area contributed by atoms with E-state index in [0.717, 1.165) is 6.07 Å². The number of aromatic nitrogens is 2. The summed E-state index contributed by atoms with van der Waals surface area (Å²) in [6.07, 6.45) is 2.76. The zero-order chi connectivity index (χ0) is 13.3. The molecule has 0 spiro atoms. The van der Waals surface area contributed by atoms with E-state index < -0.39 is 16.4 Å². The van der Waals surface area contributed by atoms with Crippen LogP contribution in [0, 0.1) is 34.2 Å². The number of nitrogens with zero attached hydrogens (tertiary/aromatic N) is 4. The van der Waals surface area contributed by atoms with Crippen molar-refractivity contribution in [2.45, 2.75) is 6.92 Å². The van der Waals surface area contributed by atoms with Crippen LogP contribution in [0.3, 0.4) is 0 Å². The number of nitriles is 1. The van der Waals surface area contributed by atoms with E-state index in [2.05, 4.69) is 4.98 Å². The molecule has 0 saturated carbocycles. The lowest BCUT2D eigenvalue weighted by atomic mass is 10.1. The van der Waals surface area contributed by atoms with Gasteiger partial charge in [-0.2, -0.15) is 5.26 Å². The van der Waals surface area contributed by atoms with Crippen LogP contribution in [-0.2, 0) is 0 Å². The summed E-state index contributed by atoms with van der Waals surface area (Å²) >= 11 is 0. The Balaban J connectivity index is 2.75. The van der Waals surface area contributed by atoms with Crippen molar-refractivity contribution in [1.82, 2.24) is 9.55 Å². The standard InChI is InChI=1S/C11H7FN4O2/c1-7-4-9(10(16(17)18)5-8(7)12)15-3-2-14-11(15)6-13/h2-5H,1H3. The van der Waals surface area contributed by atoms with Crippen molar-refractivity contribution < 1.29 is 9.31 Å². The second kappa shape index (κ2) is 4.25. The first-order valence-corrected chi connectivity index (χ1v) is 4.93. The van der Waals surface area contributed by atoms with Crippen molar-refractivity contribution in [1.29, 1.82) is 5.26 Å². The first-order valence-electron chi connectivity index (χ1n) is 4.93. The van der Waals surface area contributed by atoms with Crippen molar-refractivity contribution >= 4 is 5.69 Å². The molecule has 6 nitrogen and oxygen atoms in total. The molecule has 0 aliphatic carbocycles. The highest BCUT2D eigenvalue weighted by atomic mass is 19.1. The number of benzene rings is 1. The lowest BCUT2D eigenvalue weighted by Gasteiger charge is -2.06. The predicted molar refractivity (Wildman–Crippen MR) is 59.6 cm³/mol. The zero-order valence-corrected chi connectivity index (χ0v) is 9.29. The van der Waals surface area contributed by atoms with E-state index in [0.29, 0.717) is 0 Å². The summed E-state index contributed by atoms with van der Waals surface area (Å²) in [5.41, 5.74) is -0.0336. The van der Waals surface area contributed by atoms with Gasteiger partial charge in [0.15, 0.2) is 0 Å². The van der Waals surface area contributed by atoms with Crippen LogP contribution in [-0.4, -0.2) is 14.5 Å². The smallest absolute Gasteiger partial charge is 0.285 e. The van der Waals surface area contributed by atoms with E-state index in [-0.39, 0.29) is 17.1 Å². The molecule has 0 radical (unpaired) electrons. The molecule has 2 rings (SSSR count). The van der Waals surface area contributed by atoms with Crippen molar-refractivity contribution in [3.8, 4) is 11.8 Å². The average molecular weight is 246 g/mol. The number of hydrogen-bond donors (Lipinski definition) is 0. The van der Waals surface area contributed by atoms with Crippen LogP contribution < -0.4 is 0 Å². The molecule has 18 heavy (non-hydrogen) atoms. The normalized spacial score (nSPS) is 10.1. The number of rotatable bonds is 2. The summed E-state index contributed by atoms with van der Waals surface area (Å²) < 4.78 is 14.6. The fourth-order valence-corrected chi connectivity index (χ4v) is 1.58. The number of hydrogen-bond acceptors (Lipinski definition) is 4. The van der Waals surface area contributed by atoms with Gasteiger partial charge < -0.3 is 0 Å². The third-order valence-electron chi connectivity index (χ3n) is 2.45. The molecule has 0 aliphatic heterocycles. The Bertz CT molecular complexity index is 672. The van der Waals surface area contributed by atoms with Crippen LogP contribution >= 0.6 is 0 Å².